The van der Waals surface area contributed by atoms with E-state index in [4.69, 9.17) is 4.74 Å². The van der Waals surface area contributed by atoms with Crippen LogP contribution in [0, 0.1) is 19.8 Å². The molecule has 2 fully saturated rings. The molecule has 0 unspecified atom stereocenters. The summed E-state index contributed by atoms with van der Waals surface area (Å²) in [5, 5.41) is 3.05. The van der Waals surface area contributed by atoms with Gasteiger partial charge in [0.1, 0.15) is 5.60 Å². The van der Waals surface area contributed by atoms with E-state index < -0.39 is 21.7 Å². The Kier molecular flexibility index (Phi) is 7.73. The molecule has 1 aromatic carbocycles. The number of hydrogen-bond donors (Lipinski definition) is 1. The molecule has 2 aliphatic heterocycles. The smallest absolute Gasteiger partial charge is 0.410 e. The monoisotopic (exact) mass is 479 g/mol. The van der Waals surface area contributed by atoms with Gasteiger partial charge < -0.3 is 15.0 Å². The Morgan fingerprint density at radius 1 is 1.06 bits per heavy atom. The predicted molar refractivity (Wildman–Crippen MR) is 126 cm³/mol. The Morgan fingerprint density at radius 2 is 1.76 bits per heavy atom. The molecule has 2 saturated heterocycles. The molecule has 2 atom stereocenters. The van der Waals surface area contributed by atoms with Gasteiger partial charge in [-0.1, -0.05) is 12.1 Å². The van der Waals surface area contributed by atoms with Gasteiger partial charge in [0.25, 0.3) is 0 Å². The zero-order valence-corrected chi connectivity index (χ0v) is 21.2. The highest BCUT2D eigenvalue weighted by Gasteiger charge is 2.35. The van der Waals surface area contributed by atoms with Crippen LogP contribution in [0.3, 0.4) is 0 Å². The van der Waals surface area contributed by atoms with Crippen LogP contribution >= 0.6 is 0 Å². The largest absolute Gasteiger partial charge is 0.444 e. The summed E-state index contributed by atoms with van der Waals surface area (Å²) in [5.74, 6) is -0.448. The first-order valence-electron chi connectivity index (χ1n) is 11.7. The molecular weight excluding hydrogens is 442 g/mol. The minimum Gasteiger partial charge on any atom is -0.444 e. The van der Waals surface area contributed by atoms with Crippen molar-refractivity contribution in [2.45, 2.75) is 76.8 Å². The molecule has 1 N–H and O–H groups in total. The summed E-state index contributed by atoms with van der Waals surface area (Å²) in [7, 11) is -3.63. The molecule has 0 spiro atoms. The second-order valence-corrected chi connectivity index (χ2v) is 12.2. The highest BCUT2D eigenvalue weighted by Crippen LogP contribution is 2.25. The number of carbonyl (C=O) groups excluding carboxylic acids is 2. The summed E-state index contributed by atoms with van der Waals surface area (Å²) in [4.78, 5) is 27.3. The average Bonchev–Trinajstić information content (AvgIpc) is 2.74. The molecule has 9 heteroatoms. The second-order valence-electron chi connectivity index (χ2n) is 10.2. The van der Waals surface area contributed by atoms with E-state index in [2.05, 4.69) is 5.32 Å². The number of sulfonamides is 1. The van der Waals surface area contributed by atoms with Gasteiger partial charge >= 0.3 is 6.09 Å². The van der Waals surface area contributed by atoms with Crippen molar-refractivity contribution in [1.82, 2.24) is 14.5 Å². The van der Waals surface area contributed by atoms with E-state index in [0.29, 0.717) is 37.4 Å². The first-order chi connectivity index (χ1) is 15.4. The number of carbonyl (C=O) groups is 2. The number of piperidine rings is 2. The van der Waals surface area contributed by atoms with Crippen molar-refractivity contribution < 1.29 is 22.7 Å². The highest BCUT2D eigenvalue weighted by molar-refractivity contribution is 7.89. The van der Waals surface area contributed by atoms with E-state index >= 15 is 0 Å². The van der Waals surface area contributed by atoms with Crippen LogP contribution in [-0.2, 0) is 19.6 Å². The van der Waals surface area contributed by atoms with Crippen molar-refractivity contribution in [2.24, 2.45) is 5.92 Å². The number of nitrogens with zero attached hydrogens (tertiary/aromatic N) is 2. The zero-order valence-electron chi connectivity index (χ0n) is 20.4. The standard InChI is InChI=1S/C24H37N3O5S/c1-17-10-11-18(2)21(14-17)33(30,31)27-13-7-9-20(16-27)25-22(28)19-8-6-12-26(15-19)23(29)32-24(3,4)5/h10-11,14,19-20H,6-9,12-13,15-16H2,1-5H3,(H,25,28)/t19-,20-/m1/s1. The van der Waals surface area contributed by atoms with E-state index in [1.165, 1.54) is 4.31 Å². The van der Waals surface area contributed by atoms with Crippen molar-refractivity contribution in [2.75, 3.05) is 26.2 Å². The Bertz CT molecular complexity index is 986. The molecule has 0 aliphatic carbocycles. The summed E-state index contributed by atoms with van der Waals surface area (Å²) in [6.07, 6.45) is 2.44. The van der Waals surface area contributed by atoms with Crippen LogP contribution in [0.25, 0.3) is 0 Å². The molecule has 0 radical (unpaired) electrons. The molecule has 184 valence electrons. The molecular formula is C24H37N3O5S. The van der Waals surface area contributed by atoms with Gasteiger partial charge in [0.15, 0.2) is 0 Å². The maximum Gasteiger partial charge on any atom is 0.410 e. The maximum absolute atomic E-state index is 13.3. The SMILES string of the molecule is Cc1ccc(C)c(S(=O)(=O)N2CCC[C@@H](NC(=O)[C@@H]3CCCN(C(=O)OC(C)(C)C)C3)C2)c1. The second kappa shape index (κ2) is 10.0. The molecule has 2 aliphatic rings. The summed E-state index contributed by atoms with van der Waals surface area (Å²) >= 11 is 0. The van der Waals surface area contributed by atoms with Crippen molar-refractivity contribution in [3.63, 3.8) is 0 Å². The molecule has 0 aromatic heterocycles. The van der Waals surface area contributed by atoms with E-state index in [-0.39, 0.29) is 24.4 Å². The number of aryl methyl sites for hydroxylation is 2. The van der Waals surface area contributed by atoms with Crippen molar-refractivity contribution in [3.8, 4) is 0 Å². The van der Waals surface area contributed by atoms with Gasteiger partial charge in [-0.3, -0.25) is 4.79 Å². The molecule has 2 heterocycles. The predicted octanol–water partition coefficient (Wildman–Crippen LogP) is 3.22. The summed E-state index contributed by atoms with van der Waals surface area (Å²) in [5.41, 5.74) is 1.03. The van der Waals surface area contributed by atoms with Gasteiger partial charge in [0, 0.05) is 32.2 Å². The molecule has 33 heavy (non-hydrogen) atoms. The van der Waals surface area contributed by atoms with Crippen LogP contribution < -0.4 is 5.32 Å². The topological polar surface area (TPSA) is 96.0 Å². The Morgan fingerprint density at radius 3 is 2.45 bits per heavy atom. The Hall–Kier alpha value is -2.13. The van der Waals surface area contributed by atoms with Gasteiger partial charge in [-0.25, -0.2) is 13.2 Å². The van der Waals surface area contributed by atoms with E-state index in [0.717, 1.165) is 24.0 Å². The minimum absolute atomic E-state index is 0.126. The number of benzene rings is 1. The normalized spacial score (nSPS) is 22.6. The van der Waals surface area contributed by atoms with Crippen molar-refractivity contribution >= 4 is 22.0 Å². The van der Waals surface area contributed by atoms with Crippen LogP contribution in [0.15, 0.2) is 23.1 Å². The van der Waals surface area contributed by atoms with E-state index in [1.807, 2.05) is 39.8 Å². The molecule has 3 rings (SSSR count). The Balaban J connectivity index is 1.62. The van der Waals surface area contributed by atoms with Crippen LogP contribution in [0.1, 0.15) is 57.6 Å². The minimum atomic E-state index is -3.63. The first-order valence-corrected chi connectivity index (χ1v) is 13.2. The number of nitrogens with one attached hydrogen (secondary N) is 1. The molecule has 2 amide bonds. The van der Waals surface area contributed by atoms with Crippen molar-refractivity contribution in [1.29, 1.82) is 0 Å². The molecule has 0 bridgehead atoms. The van der Waals surface area contributed by atoms with Crippen LogP contribution in [0.5, 0.6) is 0 Å². The van der Waals surface area contributed by atoms with E-state index in [1.54, 1.807) is 17.9 Å². The highest BCUT2D eigenvalue weighted by atomic mass is 32.2. The van der Waals surface area contributed by atoms with Gasteiger partial charge in [-0.15, -0.1) is 0 Å². The third-order valence-corrected chi connectivity index (χ3v) is 8.14. The molecule has 0 saturated carbocycles. The zero-order chi connectivity index (χ0) is 24.4. The summed E-state index contributed by atoms with van der Waals surface area (Å²) in [6, 6.07) is 5.19. The van der Waals surface area contributed by atoms with Gasteiger partial charge in [0.05, 0.1) is 10.8 Å². The fourth-order valence-corrected chi connectivity index (χ4v) is 6.24. The fraction of sp³-hybridized carbons (Fsp3) is 0.667. The Labute approximate surface area is 197 Å². The van der Waals surface area contributed by atoms with Crippen LogP contribution in [-0.4, -0.2) is 67.4 Å². The fourth-order valence-electron chi connectivity index (χ4n) is 4.41. The lowest BCUT2D eigenvalue weighted by Gasteiger charge is -2.36. The summed E-state index contributed by atoms with van der Waals surface area (Å²) in [6.45, 7) is 10.7. The average molecular weight is 480 g/mol. The van der Waals surface area contributed by atoms with Gasteiger partial charge in [-0.2, -0.15) is 4.31 Å². The molecule has 8 nitrogen and oxygen atoms in total. The van der Waals surface area contributed by atoms with Gasteiger partial charge in [0.2, 0.25) is 15.9 Å². The van der Waals surface area contributed by atoms with Crippen molar-refractivity contribution in [3.05, 3.63) is 29.3 Å². The number of ether oxygens (including phenoxy) is 1. The van der Waals surface area contributed by atoms with E-state index in [9.17, 15) is 18.0 Å². The number of amides is 2. The lowest BCUT2D eigenvalue weighted by molar-refractivity contribution is -0.127. The van der Waals surface area contributed by atoms with Crippen LogP contribution in [0.2, 0.25) is 0 Å². The third kappa shape index (κ3) is 6.47. The lowest BCUT2D eigenvalue weighted by Crippen LogP contribution is -2.53. The quantitative estimate of drug-likeness (QED) is 0.715. The third-order valence-electron chi connectivity index (χ3n) is 6.14. The summed E-state index contributed by atoms with van der Waals surface area (Å²) < 4.78 is 33.5. The number of hydrogen-bond acceptors (Lipinski definition) is 5. The number of rotatable bonds is 4. The maximum atomic E-state index is 13.3. The molecule has 1 aromatic rings. The van der Waals surface area contributed by atoms with Crippen LogP contribution in [0.4, 0.5) is 4.79 Å². The number of likely N-dealkylation sites (tertiary alicyclic amines) is 1. The van der Waals surface area contributed by atoms with Gasteiger partial charge in [-0.05, 0) is 77.5 Å². The lowest BCUT2D eigenvalue weighted by atomic mass is 9.96. The first kappa shape index (κ1) is 25.5.